The van der Waals surface area contributed by atoms with E-state index >= 15 is 0 Å². The van der Waals surface area contributed by atoms with Crippen molar-refractivity contribution in [2.45, 2.75) is 26.4 Å². The lowest BCUT2D eigenvalue weighted by molar-refractivity contribution is 0.0216. The minimum Gasteiger partial charge on any atom is -0.444 e. The first kappa shape index (κ1) is 12.6. The standard InChI is InChI=1S/C14H18N2O2/c1-14(2,3)18-13(17)16-9-12(10-16)8-11-4-6-15-7-5-11/h4-8H,9-10H2,1-3H3. The van der Waals surface area contributed by atoms with Gasteiger partial charge in [0.15, 0.2) is 0 Å². The predicted molar refractivity (Wildman–Crippen MR) is 70.0 cm³/mol. The fourth-order valence-electron chi connectivity index (χ4n) is 1.69. The van der Waals surface area contributed by atoms with Crippen LogP contribution in [0.5, 0.6) is 0 Å². The number of pyridine rings is 1. The van der Waals surface area contributed by atoms with Crippen LogP contribution in [0, 0.1) is 0 Å². The molecule has 1 aromatic rings. The van der Waals surface area contributed by atoms with Crippen LogP contribution in [-0.2, 0) is 4.74 Å². The molecule has 0 aliphatic carbocycles. The smallest absolute Gasteiger partial charge is 0.410 e. The van der Waals surface area contributed by atoms with E-state index in [1.807, 2.05) is 32.9 Å². The minimum absolute atomic E-state index is 0.241. The van der Waals surface area contributed by atoms with Gasteiger partial charge in [0.25, 0.3) is 0 Å². The van der Waals surface area contributed by atoms with Crippen LogP contribution >= 0.6 is 0 Å². The number of carbonyl (C=O) groups is 1. The highest BCUT2D eigenvalue weighted by molar-refractivity contribution is 5.72. The van der Waals surface area contributed by atoms with Crippen molar-refractivity contribution in [1.82, 2.24) is 9.88 Å². The molecule has 96 valence electrons. The van der Waals surface area contributed by atoms with Crippen LogP contribution in [0.1, 0.15) is 26.3 Å². The molecule has 1 fully saturated rings. The van der Waals surface area contributed by atoms with Crippen molar-refractivity contribution in [2.24, 2.45) is 0 Å². The van der Waals surface area contributed by atoms with Gasteiger partial charge in [-0.1, -0.05) is 6.08 Å². The molecule has 18 heavy (non-hydrogen) atoms. The number of aromatic nitrogens is 1. The van der Waals surface area contributed by atoms with Gasteiger partial charge in [-0.3, -0.25) is 4.98 Å². The Kier molecular flexibility index (Phi) is 3.36. The molecule has 0 unspecified atom stereocenters. The molecule has 0 saturated carbocycles. The largest absolute Gasteiger partial charge is 0.444 e. The average molecular weight is 246 g/mol. The lowest BCUT2D eigenvalue weighted by Gasteiger charge is -2.35. The maximum Gasteiger partial charge on any atom is 0.410 e. The lowest BCUT2D eigenvalue weighted by Crippen LogP contribution is -2.46. The van der Waals surface area contributed by atoms with Crippen LogP contribution in [0.4, 0.5) is 4.79 Å². The summed E-state index contributed by atoms with van der Waals surface area (Å²) in [7, 11) is 0. The van der Waals surface area contributed by atoms with Crippen molar-refractivity contribution in [3.63, 3.8) is 0 Å². The number of hydrogen-bond acceptors (Lipinski definition) is 3. The number of ether oxygens (including phenoxy) is 1. The second-order valence-corrected chi connectivity index (χ2v) is 5.42. The fraction of sp³-hybridized carbons (Fsp3) is 0.429. The van der Waals surface area contributed by atoms with E-state index in [0.29, 0.717) is 13.1 Å². The second kappa shape index (κ2) is 4.80. The van der Waals surface area contributed by atoms with E-state index in [-0.39, 0.29) is 6.09 Å². The van der Waals surface area contributed by atoms with Crippen molar-refractivity contribution in [2.75, 3.05) is 13.1 Å². The Hall–Kier alpha value is -1.84. The van der Waals surface area contributed by atoms with Crippen LogP contribution in [0.3, 0.4) is 0 Å². The molecule has 4 heteroatoms. The number of nitrogens with zero attached hydrogens (tertiary/aromatic N) is 2. The zero-order valence-corrected chi connectivity index (χ0v) is 11.0. The van der Waals surface area contributed by atoms with Gasteiger partial charge in [0.2, 0.25) is 0 Å². The van der Waals surface area contributed by atoms with Gasteiger partial charge in [0.05, 0.1) is 0 Å². The van der Waals surface area contributed by atoms with Crippen LogP contribution in [-0.4, -0.2) is 34.7 Å². The molecule has 0 bridgehead atoms. The Balaban J connectivity index is 1.87. The SMILES string of the molecule is CC(C)(C)OC(=O)N1CC(=Cc2ccncc2)C1. The van der Waals surface area contributed by atoms with Crippen LogP contribution in [0.15, 0.2) is 30.1 Å². The maximum atomic E-state index is 11.7. The Morgan fingerprint density at radius 1 is 1.33 bits per heavy atom. The number of rotatable bonds is 1. The highest BCUT2D eigenvalue weighted by Crippen LogP contribution is 2.20. The van der Waals surface area contributed by atoms with Crippen LogP contribution in [0.2, 0.25) is 0 Å². The van der Waals surface area contributed by atoms with E-state index in [2.05, 4.69) is 11.1 Å². The average Bonchev–Trinajstić information content (AvgIpc) is 2.21. The summed E-state index contributed by atoms with van der Waals surface area (Å²) >= 11 is 0. The molecule has 1 aliphatic heterocycles. The first-order valence-corrected chi connectivity index (χ1v) is 6.01. The highest BCUT2D eigenvalue weighted by Gasteiger charge is 2.29. The second-order valence-electron chi connectivity index (χ2n) is 5.42. The van der Waals surface area contributed by atoms with Crippen LogP contribution in [0.25, 0.3) is 6.08 Å². The first-order valence-electron chi connectivity index (χ1n) is 6.01. The summed E-state index contributed by atoms with van der Waals surface area (Å²) in [6, 6.07) is 3.90. The monoisotopic (exact) mass is 246 g/mol. The van der Waals surface area contributed by atoms with Crippen molar-refractivity contribution < 1.29 is 9.53 Å². The van der Waals surface area contributed by atoms with Crippen LogP contribution < -0.4 is 0 Å². The lowest BCUT2D eigenvalue weighted by atomic mass is 10.1. The summed E-state index contributed by atoms with van der Waals surface area (Å²) in [6.45, 7) is 6.92. The quantitative estimate of drug-likeness (QED) is 0.765. The Morgan fingerprint density at radius 2 is 1.94 bits per heavy atom. The van der Waals surface area contributed by atoms with E-state index in [1.165, 1.54) is 5.57 Å². The highest BCUT2D eigenvalue weighted by atomic mass is 16.6. The molecular weight excluding hydrogens is 228 g/mol. The molecule has 1 aliphatic rings. The van der Waals surface area contributed by atoms with Gasteiger partial charge in [-0.15, -0.1) is 0 Å². The number of likely N-dealkylation sites (tertiary alicyclic amines) is 1. The normalized spacial score (nSPS) is 15.1. The predicted octanol–water partition coefficient (Wildman–Crippen LogP) is 2.72. The maximum absolute atomic E-state index is 11.7. The number of hydrogen-bond donors (Lipinski definition) is 0. The molecule has 1 aromatic heterocycles. The molecule has 0 atom stereocenters. The topological polar surface area (TPSA) is 42.4 Å². The zero-order chi connectivity index (χ0) is 13.2. The molecule has 0 spiro atoms. The molecule has 2 rings (SSSR count). The summed E-state index contributed by atoms with van der Waals surface area (Å²) in [5, 5.41) is 0. The molecule has 2 heterocycles. The third-order valence-corrected chi connectivity index (χ3v) is 2.52. The third kappa shape index (κ3) is 3.32. The minimum atomic E-state index is -0.429. The summed E-state index contributed by atoms with van der Waals surface area (Å²) in [4.78, 5) is 17.4. The fourth-order valence-corrected chi connectivity index (χ4v) is 1.69. The zero-order valence-electron chi connectivity index (χ0n) is 11.0. The Labute approximate surface area is 107 Å². The summed E-state index contributed by atoms with van der Waals surface area (Å²) in [5.41, 5.74) is 1.91. The Morgan fingerprint density at radius 3 is 2.50 bits per heavy atom. The van der Waals surface area contributed by atoms with Gasteiger partial charge >= 0.3 is 6.09 Å². The van der Waals surface area contributed by atoms with Gasteiger partial charge in [0.1, 0.15) is 5.60 Å². The van der Waals surface area contributed by atoms with E-state index in [0.717, 1.165) is 5.56 Å². The van der Waals surface area contributed by atoms with E-state index in [1.54, 1.807) is 17.3 Å². The third-order valence-electron chi connectivity index (χ3n) is 2.52. The Bertz CT molecular complexity index is 452. The van der Waals surface area contributed by atoms with Crippen molar-refractivity contribution in [1.29, 1.82) is 0 Å². The summed E-state index contributed by atoms with van der Waals surface area (Å²) in [6.07, 6.45) is 5.37. The number of amides is 1. The van der Waals surface area contributed by atoms with Crippen molar-refractivity contribution >= 4 is 12.2 Å². The molecule has 0 radical (unpaired) electrons. The van der Waals surface area contributed by atoms with E-state index in [4.69, 9.17) is 4.74 Å². The van der Waals surface area contributed by atoms with Crippen molar-refractivity contribution in [3.05, 3.63) is 35.7 Å². The molecule has 1 saturated heterocycles. The van der Waals surface area contributed by atoms with Gasteiger partial charge in [0, 0.05) is 25.5 Å². The molecule has 4 nitrogen and oxygen atoms in total. The molecular formula is C14H18N2O2. The van der Waals surface area contributed by atoms with Gasteiger partial charge < -0.3 is 9.64 Å². The van der Waals surface area contributed by atoms with Gasteiger partial charge in [-0.25, -0.2) is 4.79 Å². The molecule has 0 N–H and O–H groups in total. The molecule has 1 amide bonds. The van der Waals surface area contributed by atoms with E-state index in [9.17, 15) is 4.79 Å². The summed E-state index contributed by atoms with van der Waals surface area (Å²) < 4.78 is 5.29. The van der Waals surface area contributed by atoms with Gasteiger partial charge in [-0.2, -0.15) is 0 Å². The number of carbonyl (C=O) groups excluding carboxylic acids is 1. The van der Waals surface area contributed by atoms with E-state index < -0.39 is 5.60 Å². The molecule has 0 aromatic carbocycles. The van der Waals surface area contributed by atoms with Crippen molar-refractivity contribution in [3.8, 4) is 0 Å². The first-order chi connectivity index (χ1) is 8.44. The van der Waals surface area contributed by atoms with Gasteiger partial charge in [-0.05, 0) is 44.0 Å². The summed E-state index contributed by atoms with van der Waals surface area (Å²) in [5.74, 6) is 0.